The highest BCUT2D eigenvalue weighted by Gasteiger charge is 2.42. The minimum absolute atomic E-state index is 0.204. The van der Waals surface area contributed by atoms with Crippen LogP contribution in [0.25, 0.3) is 0 Å². The first-order valence-corrected chi connectivity index (χ1v) is 8.35. The maximum atomic E-state index is 12.9. The van der Waals surface area contributed by atoms with E-state index in [1.54, 1.807) is 0 Å². The van der Waals surface area contributed by atoms with Gasteiger partial charge in [-0.15, -0.1) is 0 Å². The molecule has 1 atom stereocenters. The first-order valence-electron chi connectivity index (χ1n) is 7.23. The minimum atomic E-state index is -4.93. The lowest BCUT2D eigenvalue weighted by Crippen LogP contribution is -2.26. The molecule has 0 amide bonds. The Hall–Kier alpha value is -1.55. The minimum Gasteiger partial charge on any atom is -0.340 e. The Morgan fingerprint density at radius 1 is 1.43 bits per heavy atom. The molecule has 0 radical (unpaired) electrons. The monoisotopic (exact) mass is 389 g/mol. The highest BCUT2D eigenvalue weighted by atomic mass is 79.9. The van der Waals surface area contributed by atoms with Crippen LogP contribution in [-0.2, 0) is 11.3 Å². The predicted octanol–water partition coefficient (Wildman–Crippen LogP) is 3.84. The first-order chi connectivity index (χ1) is 10.9. The molecule has 1 aliphatic rings. The van der Waals surface area contributed by atoms with Crippen molar-refractivity contribution in [2.24, 2.45) is 0 Å². The smallest absolute Gasteiger partial charge is 0.340 e. The second-order valence-corrected chi connectivity index (χ2v) is 5.90. The average Bonchev–Trinajstić information content (AvgIpc) is 2.71. The van der Waals surface area contributed by atoms with Crippen molar-refractivity contribution in [1.82, 2.24) is 4.57 Å². The number of nitrogens with zero attached hydrogens (tertiary/aromatic N) is 1. The summed E-state index contributed by atoms with van der Waals surface area (Å²) in [5.41, 5.74) is 0.602. The van der Waals surface area contributed by atoms with Crippen molar-refractivity contribution < 1.29 is 22.8 Å². The molecule has 3 nitrogen and oxygen atoms in total. The van der Waals surface area contributed by atoms with E-state index in [-0.39, 0.29) is 18.0 Å². The molecular weight excluding hydrogens is 375 g/mol. The lowest BCUT2D eigenvalue weighted by molar-refractivity contribution is -0.108. The maximum absolute atomic E-state index is 12.9. The van der Waals surface area contributed by atoms with Crippen LogP contribution in [0.15, 0.2) is 6.07 Å². The molecule has 0 bridgehead atoms. The van der Waals surface area contributed by atoms with Crippen LogP contribution in [0.5, 0.6) is 0 Å². The summed E-state index contributed by atoms with van der Waals surface area (Å²) in [6, 6.07) is 1.21. The number of rotatable bonds is 3. The van der Waals surface area contributed by atoms with Crippen molar-refractivity contribution in [2.45, 2.75) is 44.3 Å². The highest BCUT2D eigenvalue weighted by Crippen LogP contribution is 2.35. The van der Waals surface area contributed by atoms with Gasteiger partial charge in [0.2, 0.25) is 0 Å². The molecule has 1 aromatic heterocycles. The summed E-state index contributed by atoms with van der Waals surface area (Å²) in [5.74, 6) is 3.51. The number of carbonyl (C=O) groups excluding carboxylic acids is 2. The van der Waals surface area contributed by atoms with E-state index < -0.39 is 12.0 Å². The number of aromatic nitrogens is 1. The topological polar surface area (TPSA) is 39.1 Å². The summed E-state index contributed by atoms with van der Waals surface area (Å²) in [7, 11) is 0. The normalized spacial score (nSPS) is 17.7. The number of halogens is 4. The zero-order valence-electron chi connectivity index (χ0n) is 12.3. The van der Waals surface area contributed by atoms with Gasteiger partial charge in [-0.3, -0.25) is 4.79 Å². The molecule has 0 saturated heterocycles. The van der Waals surface area contributed by atoms with Crippen molar-refractivity contribution in [3.63, 3.8) is 0 Å². The molecule has 0 N–H and O–H groups in total. The number of alkyl halides is 4. The van der Waals surface area contributed by atoms with E-state index in [2.05, 4.69) is 27.8 Å². The van der Waals surface area contributed by atoms with E-state index in [9.17, 15) is 22.8 Å². The SMILES string of the molecule is O=CC[C@H]1CCCCn2c(C(=O)C(F)(F)F)cc(C#CCBr)c21. The van der Waals surface area contributed by atoms with Gasteiger partial charge in [0.25, 0.3) is 5.78 Å². The molecular formula is C16H15BrF3NO2. The number of carbonyl (C=O) groups is 2. The van der Waals surface area contributed by atoms with Crippen molar-refractivity contribution in [3.05, 3.63) is 23.0 Å². The quantitative estimate of drug-likeness (QED) is 0.341. The van der Waals surface area contributed by atoms with Crippen LogP contribution in [0.3, 0.4) is 0 Å². The molecule has 0 saturated carbocycles. The molecule has 0 fully saturated rings. The summed E-state index contributed by atoms with van der Waals surface area (Å²) in [4.78, 5) is 22.6. The number of Topliss-reactive ketones (excluding diaryl/α,β-unsaturated/α-hetero) is 1. The average molecular weight is 390 g/mol. The molecule has 124 valence electrons. The largest absolute Gasteiger partial charge is 0.456 e. The second-order valence-electron chi connectivity index (χ2n) is 5.34. The Kier molecular flexibility index (Phi) is 5.69. The molecule has 0 aromatic carbocycles. The van der Waals surface area contributed by atoms with Crippen molar-refractivity contribution in [2.75, 3.05) is 5.33 Å². The molecule has 2 heterocycles. The summed E-state index contributed by atoms with van der Waals surface area (Å²) >= 11 is 3.15. The van der Waals surface area contributed by atoms with Crippen LogP contribution in [0.2, 0.25) is 0 Å². The van der Waals surface area contributed by atoms with Gasteiger partial charge < -0.3 is 9.36 Å². The number of ketones is 1. The van der Waals surface area contributed by atoms with E-state index in [1.165, 1.54) is 10.6 Å². The maximum Gasteiger partial charge on any atom is 0.456 e. The molecule has 2 rings (SSSR count). The van der Waals surface area contributed by atoms with Crippen molar-refractivity contribution in [3.8, 4) is 11.8 Å². The van der Waals surface area contributed by atoms with Gasteiger partial charge in [-0.2, -0.15) is 13.2 Å². The van der Waals surface area contributed by atoms with Crippen LogP contribution in [0, 0.1) is 11.8 Å². The van der Waals surface area contributed by atoms with Gasteiger partial charge in [0.15, 0.2) is 0 Å². The van der Waals surface area contributed by atoms with Gasteiger partial charge in [-0.25, -0.2) is 0 Å². The van der Waals surface area contributed by atoms with Crippen LogP contribution >= 0.6 is 15.9 Å². The summed E-state index contributed by atoms with van der Waals surface area (Å²) in [6.45, 7) is 0.331. The van der Waals surface area contributed by atoms with Gasteiger partial charge in [0, 0.05) is 30.1 Å². The second kappa shape index (κ2) is 7.35. The molecule has 0 aliphatic carbocycles. The van der Waals surface area contributed by atoms with Crippen LogP contribution in [0.4, 0.5) is 13.2 Å². The summed E-state index contributed by atoms with van der Waals surface area (Å²) in [6.07, 6.45) is -1.79. The molecule has 0 unspecified atom stereocenters. The van der Waals surface area contributed by atoms with Crippen LogP contribution in [0.1, 0.15) is 53.3 Å². The van der Waals surface area contributed by atoms with Gasteiger partial charge in [0.05, 0.1) is 11.0 Å². The number of aldehydes is 1. The zero-order valence-corrected chi connectivity index (χ0v) is 13.8. The van der Waals surface area contributed by atoms with E-state index in [4.69, 9.17) is 0 Å². The number of fused-ring (bicyclic) bond motifs is 1. The Morgan fingerprint density at radius 2 is 2.17 bits per heavy atom. The third-order valence-electron chi connectivity index (χ3n) is 3.87. The number of hydrogen-bond acceptors (Lipinski definition) is 2. The Bertz CT molecular complexity index is 667. The van der Waals surface area contributed by atoms with E-state index >= 15 is 0 Å². The Labute approximate surface area is 140 Å². The van der Waals surface area contributed by atoms with Gasteiger partial charge in [-0.05, 0) is 18.9 Å². The standard InChI is InChI=1S/C16H15BrF3NO2/c17-7-3-5-12-10-13(15(23)16(18,19)20)21-8-2-1-4-11(6-9-22)14(12)21/h9-11H,1-2,4,6-8H2/t11-/m1/s1. The Morgan fingerprint density at radius 3 is 2.78 bits per heavy atom. The van der Waals surface area contributed by atoms with E-state index in [0.717, 1.165) is 12.7 Å². The van der Waals surface area contributed by atoms with Gasteiger partial charge in [0.1, 0.15) is 6.29 Å². The molecule has 7 heteroatoms. The summed E-state index contributed by atoms with van der Waals surface area (Å²) in [5, 5.41) is 0.374. The fraction of sp³-hybridized carbons (Fsp3) is 0.500. The zero-order chi connectivity index (χ0) is 17.0. The fourth-order valence-corrected chi connectivity index (χ4v) is 3.09. The van der Waals surface area contributed by atoms with Crippen LogP contribution in [-0.4, -0.2) is 28.1 Å². The first kappa shape index (κ1) is 17.8. The molecule has 1 aromatic rings. The molecule has 23 heavy (non-hydrogen) atoms. The number of hydrogen-bond donors (Lipinski definition) is 0. The summed E-state index contributed by atoms with van der Waals surface area (Å²) < 4.78 is 40.0. The van der Waals surface area contributed by atoms with E-state index in [1.807, 2.05) is 0 Å². The molecule has 0 spiro atoms. The lowest BCUT2D eigenvalue weighted by Gasteiger charge is -2.16. The van der Waals surface area contributed by atoms with Crippen LogP contribution < -0.4 is 0 Å². The van der Waals surface area contributed by atoms with Crippen molar-refractivity contribution in [1.29, 1.82) is 0 Å². The van der Waals surface area contributed by atoms with E-state index in [0.29, 0.717) is 36.0 Å². The predicted molar refractivity (Wildman–Crippen MR) is 82.8 cm³/mol. The van der Waals surface area contributed by atoms with Crippen molar-refractivity contribution >= 4 is 28.0 Å². The lowest BCUT2D eigenvalue weighted by atomic mass is 9.94. The van der Waals surface area contributed by atoms with Gasteiger partial charge >= 0.3 is 6.18 Å². The van der Waals surface area contributed by atoms with Gasteiger partial charge in [-0.1, -0.05) is 34.2 Å². The third-order valence-corrected chi connectivity index (χ3v) is 4.15. The fourth-order valence-electron chi connectivity index (χ4n) is 2.95. The third kappa shape index (κ3) is 3.86. The Balaban J connectivity index is 2.62. The highest BCUT2D eigenvalue weighted by molar-refractivity contribution is 9.09. The molecule has 1 aliphatic heterocycles.